The van der Waals surface area contributed by atoms with Crippen molar-refractivity contribution in [1.82, 2.24) is 0 Å². The molecule has 0 spiro atoms. The number of rotatable bonds is 9. The van der Waals surface area contributed by atoms with Crippen LogP contribution in [0.3, 0.4) is 0 Å². The predicted molar refractivity (Wildman–Crippen MR) is 70.9 cm³/mol. The maximum atomic E-state index is 9.70. The maximum Gasteiger partial charge on any atom is 0.0851 e. The van der Waals surface area contributed by atoms with Gasteiger partial charge in [0.15, 0.2) is 0 Å². The number of alkyl halides is 1. The second-order valence-corrected chi connectivity index (χ2v) is 4.73. The Bertz CT molecular complexity index is 224. The highest BCUT2D eigenvalue weighted by atomic mass is 35.5. The van der Waals surface area contributed by atoms with E-state index < -0.39 is 12.2 Å². The first-order valence-electron chi connectivity index (χ1n) is 6.18. The van der Waals surface area contributed by atoms with Gasteiger partial charge >= 0.3 is 0 Å². The van der Waals surface area contributed by atoms with Crippen molar-refractivity contribution in [3.05, 3.63) is 0 Å². The molecule has 0 fully saturated rings. The van der Waals surface area contributed by atoms with Gasteiger partial charge in [-0.2, -0.15) is 0 Å². The molecule has 0 rings (SSSR count). The topological polar surface area (TPSA) is 73.0 Å². The molecular weight excluding hydrogens is 242 g/mol. The summed E-state index contributed by atoms with van der Waals surface area (Å²) in [5, 5.41) is 27.9. The third-order valence-corrected chi connectivity index (χ3v) is 3.12. The van der Waals surface area contributed by atoms with Gasteiger partial charge in [0, 0.05) is 18.7 Å². The van der Waals surface area contributed by atoms with Gasteiger partial charge in [0.05, 0.1) is 24.1 Å². The molecule has 0 aromatic carbocycles. The largest absolute Gasteiger partial charge is 0.396 e. The van der Waals surface area contributed by atoms with Crippen LogP contribution in [0.25, 0.3) is 0 Å². The normalized spacial score (nSPS) is 17.9. The van der Waals surface area contributed by atoms with Crippen molar-refractivity contribution in [2.24, 2.45) is 4.99 Å². The molecule has 0 amide bonds. The molecule has 0 aromatic rings. The number of aliphatic hydroxyl groups is 3. The van der Waals surface area contributed by atoms with Crippen molar-refractivity contribution in [3.63, 3.8) is 0 Å². The third-order valence-electron chi connectivity index (χ3n) is 2.68. The summed E-state index contributed by atoms with van der Waals surface area (Å²) < 4.78 is 0. The van der Waals surface area contributed by atoms with E-state index in [0.717, 1.165) is 18.6 Å². The fourth-order valence-corrected chi connectivity index (χ4v) is 1.45. The van der Waals surface area contributed by atoms with Gasteiger partial charge in [-0.25, -0.2) is 0 Å². The first kappa shape index (κ1) is 16.8. The van der Waals surface area contributed by atoms with Crippen LogP contribution in [0.1, 0.15) is 39.5 Å². The zero-order valence-electron chi connectivity index (χ0n) is 10.6. The van der Waals surface area contributed by atoms with E-state index in [0.29, 0.717) is 13.0 Å². The predicted octanol–water partition coefficient (Wildman–Crippen LogP) is 1.35. The molecular formula is C12H24ClNO3. The second kappa shape index (κ2) is 9.83. The van der Waals surface area contributed by atoms with Gasteiger partial charge in [-0.05, 0) is 19.3 Å². The fraction of sp³-hybridized carbons (Fsp3) is 0.917. The van der Waals surface area contributed by atoms with Crippen molar-refractivity contribution < 1.29 is 15.3 Å². The Kier molecular flexibility index (Phi) is 9.74. The van der Waals surface area contributed by atoms with Gasteiger partial charge in [0.2, 0.25) is 0 Å². The van der Waals surface area contributed by atoms with Crippen LogP contribution in [0.15, 0.2) is 4.99 Å². The molecule has 0 saturated heterocycles. The van der Waals surface area contributed by atoms with Gasteiger partial charge in [-0.15, -0.1) is 11.6 Å². The SMILES string of the molecule is CCC(C[C@@H](O)[C@H](O)CCO)=NCC(Cl)CC. The second-order valence-electron chi connectivity index (χ2n) is 4.12. The first-order chi connectivity index (χ1) is 8.04. The lowest BCUT2D eigenvalue weighted by Gasteiger charge is -2.17. The first-order valence-corrected chi connectivity index (χ1v) is 6.61. The molecule has 0 aliphatic heterocycles. The van der Waals surface area contributed by atoms with Gasteiger partial charge in [0.25, 0.3) is 0 Å². The van der Waals surface area contributed by atoms with Crippen LogP contribution < -0.4 is 0 Å². The Hall–Kier alpha value is -0.160. The van der Waals surface area contributed by atoms with Crippen LogP contribution >= 0.6 is 11.6 Å². The number of aliphatic hydroxyl groups excluding tert-OH is 3. The summed E-state index contributed by atoms with van der Waals surface area (Å²) in [4.78, 5) is 4.35. The molecule has 4 nitrogen and oxygen atoms in total. The maximum absolute atomic E-state index is 9.70. The van der Waals surface area contributed by atoms with Crippen molar-refractivity contribution in [1.29, 1.82) is 0 Å². The number of aliphatic imine (C=N–C) groups is 1. The summed E-state index contributed by atoms with van der Waals surface area (Å²) >= 11 is 5.96. The van der Waals surface area contributed by atoms with E-state index in [4.69, 9.17) is 16.7 Å². The number of hydrogen-bond acceptors (Lipinski definition) is 4. The summed E-state index contributed by atoms with van der Waals surface area (Å²) in [6.07, 6.45) is 0.357. The lowest BCUT2D eigenvalue weighted by Crippen LogP contribution is -2.29. The molecule has 102 valence electrons. The van der Waals surface area contributed by atoms with E-state index in [-0.39, 0.29) is 18.4 Å². The molecule has 1 unspecified atom stereocenters. The van der Waals surface area contributed by atoms with Crippen LogP contribution in [0.5, 0.6) is 0 Å². The van der Waals surface area contributed by atoms with E-state index in [1.807, 2.05) is 13.8 Å². The smallest absolute Gasteiger partial charge is 0.0851 e. The Morgan fingerprint density at radius 3 is 2.35 bits per heavy atom. The zero-order chi connectivity index (χ0) is 13.3. The molecule has 0 heterocycles. The molecule has 0 aromatic heterocycles. The Balaban J connectivity index is 4.19. The van der Waals surface area contributed by atoms with Gasteiger partial charge < -0.3 is 15.3 Å². The fourth-order valence-electron chi connectivity index (χ4n) is 1.38. The lowest BCUT2D eigenvalue weighted by molar-refractivity contribution is 0.00953. The average Bonchev–Trinajstić information content (AvgIpc) is 2.33. The molecule has 3 N–H and O–H groups in total. The molecule has 0 radical (unpaired) electrons. The standard InChI is InChI=1S/C12H24ClNO3/c1-3-9(13)8-14-10(4-2)7-12(17)11(16)5-6-15/h9,11-12,15-17H,3-8H2,1-2H3/t9?,11-,12-/m1/s1. The van der Waals surface area contributed by atoms with Gasteiger partial charge in [-0.1, -0.05) is 13.8 Å². The van der Waals surface area contributed by atoms with Gasteiger partial charge in [-0.3, -0.25) is 4.99 Å². The van der Waals surface area contributed by atoms with E-state index in [1.165, 1.54) is 0 Å². The third kappa shape index (κ3) is 7.71. The molecule has 17 heavy (non-hydrogen) atoms. The molecule has 5 heteroatoms. The molecule has 0 saturated carbocycles. The minimum Gasteiger partial charge on any atom is -0.396 e. The number of halogens is 1. The number of hydrogen-bond donors (Lipinski definition) is 3. The quantitative estimate of drug-likeness (QED) is 0.435. The van der Waals surface area contributed by atoms with Gasteiger partial charge in [0.1, 0.15) is 0 Å². The Labute approximate surface area is 108 Å². The van der Waals surface area contributed by atoms with E-state index >= 15 is 0 Å². The summed E-state index contributed by atoms with van der Waals surface area (Å²) in [5.74, 6) is 0. The molecule has 0 bridgehead atoms. The minimum atomic E-state index is -0.894. The van der Waals surface area contributed by atoms with E-state index in [9.17, 15) is 10.2 Å². The van der Waals surface area contributed by atoms with Crippen LogP contribution in [0.4, 0.5) is 0 Å². The summed E-state index contributed by atoms with van der Waals surface area (Å²) in [6.45, 7) is 4.37. The zero-order valence-corrected chi connectivity index (χ0v) is 11.4. The number of nitrogens with zero attached hydrogens (tertiary/aromatic N) is 1. The van der Waals surface area contributed by atoms with Crippen LogP contribution in [-0.2, 0) is 0 Å². The highest BCUT2D eigenvalue weighted by Gasteiger charge is 2.17. The molecule has 0 aliphatic rings. The van der Waals surface area contributed by atoms with E-state index in [2.05, 4.69) is 4.99 Å². The summed E-state index contributed by atoms with van der Waals surface area (Å²) in [7, 11) is 0. The molecule has 0 aliphatic carbocycles. The highest BCUT2D eigenvalue weighted by Crippen LogP contribution is 2.08. The minimum absolute atomic E-state index is 0.0241. The molecule has 3 atom stereocenters. The van der Waals surface area contributed by atoms with Crippen molar-refractivity contribution in [2.45, 2.75) is 57.1 Å². The van der Waals surface area contributed by atoms with Crippen molar-refractivity contribution in [3.8, 4) is 0 Å². The summed E-state index contributed by atoms with van der Waals surface area (Å²) in [6, 6.07) is 0. The van der Waals surface area contributed by atoms with E-state index in [1.54, 1.807) is 0 Å². The van der Waals surface area contributed by atoms with Crippen LogP contribution in [0, 0.1) is 0 Å². The van der Waals surface area contributed by atoms with Crippen molar-refractivity contribution in [2.75, 3.05) is 13.2 Å². The Morgan fingerprint density at radius 1 is 1.24 bits per heavy atom. The van der Waals surface area contributed by atoms with Crippen LogP contribution in [0.2, 0.25) is 0 Å². The van der Waals surface area contributed by atoms with Crippen LogP contribution in [-0.4, -0.2) is 51.8 Å². The Morgan fingerprint density at radius 2 is 1.88 bits per heavy atom. The average molecular weight is 266 g/mol. The lowest BCUT2D eigenvalue weighted by atomic mass is 10.0. The monoisotopic (exact) mass is 265 g/mol. The van der Waals surface area contributed by atoms with Crippen molar-refractivity contribution >= 4 is 17.3 Å². The highest BCUT2D eigenvalue weighted by molar-refractivity contribution is 6.20. The summed E-state index contributed by atoms with van der Waals surface area (Å²) in [5.41, 5.74) is 0.855.